The van der Waals surface area contributed by atoms with Crippen LogP contribution in [0.15, 0.2) is 47.2 Å². The summed E-state index contributed by atoms with van der Waals surface area (Å²) in [5.74, 6) is -1.32. The first-order valence-electron chi connectivity index (χ1n) is 6.72. The van der Waals surface area contributed by atoms with Crippen LogP contribution in [0.25, 0.3) is 11.1 Å². The normalized spacial score (nSPS) is 12.1. The third kappa shape index (κ3) is 2.85. The van der Waals surface area contributed by atoms with Gasteiger partial charge in [0.2, 0.25) is 0 Å². The summed E-state index contributed by atoms with van der Waals surface area (Å²) in [5, 5.41) is 3.31. The Morgan fingerprint density at radius 2 is 2.13 bits per heavy atom. The number of carbonyl (C=O) groups is 1. The van der Waals surface area contributed by atoms with E-state index in [4.69, 9.17) is 20.8 Å². The number of esters is 1. The smallest absolute Gasteiger partial charge is 0.333 e. The number of methoxy groups -OCH3 is 1. The van der Waals surface area contributed by atoms with Crippen LogP contribution in [0.1, 0.15) is 11.6 Å². The second kappa shape index (κ2) is 6.26. The van der Waals surface area contributed by atoms with Gasteiger partial charge >= 0.3 is 5.97 Å². The second-order valence-electron chi connectivity index (χ2n) is 4.75. The van der Waals surface area contributed by atoms with Gasteiger partial charge in [-0.3, -0.25) is 0 Å². The first-order chi connectivity index (χ1) is 11.1. The van der Waals surface area contributed by atoms with Gasteiger partial charge in [0.05, 0.1) is 17.8 Å². The molecule has 1 atom stereocenters. The number of nitrogens with one attached hydrogen (secondary N) is 1. The molecular formula is C16H12ClFN2O3. The topological polar surface area (TPSA) is 64.4 Å². The predicted molar refractivity (Wildman–Crippen MR) is 83.8 cm³/mol. The predicted octanol–water partition coefficient (Wildman–Crippen LogP) is 3.95. The maximum atomic E-state index is 14.6. The fourth-order valence-corrected chi connectivity index (χ4v) is 2.44. The molecule has 0 aliphatic rings. The SMILES string of the molecule is COC(=O)C(Nc1ccccc1Cl)c1ccc2ncoc2c1F. The number of hydrogen-bond donors (Lipinski definition) is 1. The molecule has 3 aromatic rings. The monoisotopic (exact) mass is 334 g/mol. The highest BCUT2D eigenvalue weighted by molar-refractivity contribution is 6.33. The van der Waals surface area contributed by atoms with Crippen molar-refractivity contribution < 1.29 is 18.3 Å². The van der Waals surface area contributed by atoms with Crippen LogP contribution < -0.4 is 5.32 Å². The number of benzene rings is 2. The second-order valence-corrected chi connectivity index (χ2v) is 5.16. The number of aromatic nitrogens is 1. The van der Waals surface area contributed by atoms with Crippen LogP contribution in [0.5, 0.6) is 0 Å². The average molecular weight is 335 g/mol. The Labute approximate surface area is 136 Å². The van der Waals surface area contributed by atoms with Crippen molar-refractivity contribution in [2.24, 2.45) is 0 Å². The third-order valence-electron chi connectivity index (χ3n) is 3.39. The minimum atomic E-state index is -1.07. The maximum absolute atomic E-state index is 14.6. The number of fused-ring (bicyclic) bond motifs is 1. The zero-order valence-corrected chi connectivity index (χ0v) is 12.8. The first kappa shape index (κ1) is 15.3. The van der Waals surface area contributed by atoms with Crippen molar-refractivity contribution in [2.75, 3.05) is 12.4 Å². The van der Waals surface area contributed by atoms with Gasteiger partial charge in [0, 0.05) is 5.56 Å². The number of rotatable bonds is 4. The Bertz CT molecular complexity index is 865. The van der Waals surface area contributed by atoms with Gasteiger partial charge in [-0.05, 0) is 18.2 Å². The molecule has 3 rings (SSSR count). The van der Waals surface area contributed by atoms with Gasteiger partial charge in [0.25, 0.3) is 0 Å². The van der Waals surface area contributed by atoms with E-state index in [1.165, 1.54) is 13.2 Å². The van der Waals surface area contributed by atoms with Crippen LogP contribution in [-0.4, -0.2) is 18.1 Å². The number of carbonyl (C=O) groups excluding carboxylic acids is 1. The van der Waals surface area contributed by atoms with E-state index in [9.17, 15) is 9.18 Å². The Balaban J connectivity index is 2.06. The molecule has 0 aliphatic carbocycles. The zero-order chi connectivity index (χ0) is 16.4. The average Bonchev–Trinajstić information content (AvgIpc) is 3.04. The number of anilines is 1. The van der Waals surface area contributed by atoms with Crippen molar-refractivity contribution in [1.82, 2.24) is 4.98 Å². The van der Waals surface area contributed by atoms with E-state index in [1.54, 1.807) is 30.3 Å². The molecule has 118 valence electrons. The summed E-state index contributed by atoms with van der Waals surface area (Å²) in [6.45, 7) is 0. The maximum Gasteiger partial charge on any atom is 0.333 e. The van der Waals surface area contributed by atoms with Crippen LogP contribution in [0, 0.1) is 5.82 Å². The molecule has 1 N–H and O–H groups in total. The molecule has 1 heterocycles. The highest BCUT2D eigenvalue weighted by Gasteiger charge is 2.27. The van der Waals surface area contributed by atoms with E-state index in [1.807, 2.05) is 0 Å². The number of oxazole rings is 1. The summed E-state index contributed by atoms with van der Waals surface area (Å²) < 4.78 is 24.4. The number of hydrogen-bond acceptors (Lipinski definition) is 5. The van der Waals surface area contributed by atoms with E-state index in [-0.39, 0.29) is 11.1 Å². The summed E-state index contributed by atoms with van der Waals surface area (Å²) in [6.07, 6.45) is 1.15. The van der Waals surface area contributed by atoms with Crippen LogP contribution >= 0.6 is 11.6 Å². The molecule has 0 spiro atoms. The number of ether oxygens (including phenoxy) is 1. The van der Waals surface area contributed by atoms with Crippen molar-refractivity contribution in [2.45, 2.75) is 6.04 Å². The molecule has 0 radical (unpaired) electrons. The van der Waals surface area contributed by atoms with E-state index in [2.05, 4.69) is 10.3 Å². The standard InChI is InChI=1S/C16H12ClFN2O3/c1-22-16(21)14(20-11-5-3-2-4-10(11)17)9-6-7-12-15(13(9)18)23-8-19-12/h2-8,14,20H,1H3. The molecule has 23 heavy (non-hydrogen) atoms. The molecule has 0 aliphatic heterocycles. The van der Waals surface area contributed by atoms with Crippen molar-refractivity contribution in [3.05, 3.63) is 59.2 Å². The summed E-state index contributed by atoms with van der Waals surface area (Å²) in [4.78, 5) is 16.0. The number of nitrogens with zero attached hydrogens (tertiary/aromatic N) is 1. The van der Waals surface area contributed by atoms with Gasteiger partial charge in [-0.25, -0.2) is 14.2 Å². The number of para-hydroxylation sites is 1. The fourth-order valence-electron chi connectivity index (χ4n) is 2.25. The largest absolute Gasteiger partial charge is 0.467 e. The molecule has 0 bridgehead atoms. The quantitative estimate of drug-likeness (QED) is 0.732. The Morgan fingerprint density at radius 1 is 1.35 bits per heavy atom. The Kier molecular flexibility index (Phi) is 4.16. The molecule has 0 fully saturated rings. The van der Waals surface area contributed by atoms with Gasteiger partial charge < -0.3 is 14.5 Å². The van der Waals surface area contributed by atoms with Gasteiger partial charge in [0.15, 0.2) is 23.8 Å². The molecule has 1 aromatic heterocycles. The van der Waals surface area contributed by atoms with E-state index < -0.39 is 17.8 Å². The summed E-state index contributed by atoms with van der Waals surface area (Å²) >= 11 is 6.08. The van der Waals surface area contributed by atoms with Gasteiger partial charge in [-0.2, -0.15) is 0 Å². The van der Waals surface area contributed by atoms with E-state index in [0.29, 0.717) is 16.2 Å². The van der Waals surface area contributed by atoms with Gasteiger partial charge in [-0.1, -0.05) is 29.8 Å². The lowest BCUT2D eigenvalue weighted by molar-refractivity contribution is -0.141. The lowest BCUT2D eigenvalue weighted by Gasteiger charge is -2.19. The molecular weight excluding hydrogens is 323 g/mol. The van der Waals surface area contributed by atoms with Crippen molar-refractivity contribution in [3.8, 4) is 0 Å². The van der Waals surface area contributed by atoms with Gasteiger partial charge in [0.1, 0.15) is 5.52 Å². The van der Waals surface area contributed by atoms with Gasteiger partial charge in [-0.15, -0.1) is 0 Å². The highest BCUT2D eigenvalue weighted by atomic mass is 35.5. The van der Waals surface area contributed by atoms with Crippen LogP contribution in [0.4, 0.5) is 10.1 Å². The Hall–Kier alpha value is -2.60. The fraction of sp³-hybridized carbons (Fsp3) is 0.125. The summed E-state index contributed by atoms with van der Waals surface area (Å²) in [7, 11) is 1.23. The van der Waals surface area contributed by atoms with E-state index in [0.717, 1.165) is 6.39 Å². The van der Waals surface area contributed by atoms with Crippen molar-refractivity contribution >= 4 is 34.4 Å². The minimum absolute atomic E-state index is 0.0163. The van der Waals surface area contributed by atoms with Crippen LogP contribution in [0.2, 0.25) is 5.02 Å². The summed E-state index contributed by atoms with van der Waals surface area (Å²) in [6, 6.07) is 8.81. The lowest BCUT2D eigenvalue weighted by atomic mass is 10.0. The van der Waals surface area contributed by atoms with Crippen LogP contribution in [-0.2, 0) is 9.53 Å². The molecule has 0 saturated carbocycles. The molecule has 5 nitrogen and oxygen atoms in total. The highest BCUT2D eigenvalue weighted by Crippen LogP contribution is 2.30. The molecule has 1 unspecified atom stereocenters. The lowest BCUT2D eigenvalue weighted by Crippen LogP contribution is -2.23. The van der Waals surface area contributed by atoms with Crippen LogP contribution in [0.3, 0.4) is 0 Å². The minimum Gasteiger partial charge on any atom is -0.467 e. The summed E-state index contributed by atoms with van der Waals surface area (Å²) in [5.41, 5.74) is 0.924. The molecule has 0 saturated heterocycles. The third-order valence-corrected chi connectivity index (χ3v) is 3.72. The molecule has 7 heteroatoms. The van der Waals surface area contributed by atoms with Crippen molar-refractivity contribution in [3.63, 3.8) is 0 Å². The molecule has 2 aromatic carbocycles. The van der Waals surface area contributed by atoms with Crippen molar-refractivity contribution in [1.29, 1.82) is 0 Å². The number of halogens is 2. The molecule has 0 amide bonds. The van der Waals surface area contributed by atoms with E-state index >= 15 is 0 Å². The first-order valence-corrected chi connectivity index (χ1v) is 7.10. The zero-order valence-electron chi connectivity index (χ0n) is 12.0. The Morgan fingerprint density at radius 3 is 2.87 bits per heavy atom.